The van der Waals surface area contributed by atoms with E-state index in [1.165, 1.54) is 31.4 Å². The van der Waals surface area contributed by atoms with Crippen molar-refractivity contribution in [2.45, 2.75) is 51.5 Å². The van der Waals surface area contributed by atoms with Gasteiger partial charge in [-0.15, -0.1) is 0 Å². The highest BCUT2D eigenvalue weighted by atomic mass is 16.4. The molecule has 1 aliphatic carbocycles. The van der Waals surface area contributed by atoms with E-state index in [4.69, 9.17) is 5.11 Å². The summed E-state index contributed by atoms with van der Waals surface area (Å²) in [5.74, 6) is 0.0523. The molecule has 0 spiro atoms. The minimum atomic E-state index is -0.698. The lowest BCUT2D eigenvalue weighted by Crippen LogP contribution is -2.38. The number of carboxylic acids is 1. The second-order valence-electron chi connectivity index (χ2n) is 5.69. The Kier molecular flexibility index (Phi) is 5.45. The van der Waals surface area contributed by atoms with Gasteiger partial charge in [0.1, 0.15) is 0 Å². The van der Waals surface area contributed by atoms with Gasteiger partial charge < -0.3 is 10.0 Å². The molecule has 0 bridgehead atoms. The van der Waals surface area contributed by atoms with E-state index >= 15 is 0 Å². The number of carbonyl (C=O) groups is 1. The largest absolute Gasteiger partial charge is 0.481 e. The molecule has 3 nitrogen and oxygen atoms in total. The Morgan fingerprint density at radius 2 is 2.05 bits per heavy atom. The van der Waals surface area contributed by atoms with E-state index in [9.17, 15) is 4.79 Å². The molecular weight excluding hydrogens is 250 g/mol. The number of para-hydroxylation sites is 1. The number of aliphatic carboxylic acids is 1. The molecule has 0 heterocycles. The van der Waals surface area contributed by atoms with Gasteiger partial charge in [0, 0.05) is 24.7 Å². The van der Waals surface area contributed by atoms with Crippen LogP contribution in [0.3, 0.4) is 0 Å². The molecule has 0 radical (unpaired) electrons. The van der Waals surface area contributed by atoms with Crippen molar-refractivity contribution in [2.75, 3.05) is 11.4 Å². The van der Waals surface area contributed by atoms with E-state index < -0.39 is 5.97 Å². The summed E-state index contributed by atoms with van der Waals surface area (Å²) >= 11 is 0. The van der Waals surface area contributed by atoms with Gasteiger partial charge in [-0.25, -0.2) is 0 Å². The van der Waals surface area contributed by atoms with Crippen LogP contribution in [0.2, 0.25) is 0 Å². The lowest BCUT2D eigenvalue weighted by molar-refractivity contribution is -0.137. The van der Waals surface area contributed by atoms with Gasteiger partial charge in [-0.2, -0.15) is 0 Å². The van der Waals surface area contributed by atoms with Crippen LogP contribution in [0.1, 0.15) is 45.4 Å². The van der Waals surface area contributed by atoms with Gasteiger partial charge in [-0.3, -0.25) is 4.79 Å². The zero-order chi connectivity index (χ0) is 14.4. The van der Waals surface area contributed by atoms with Crippen LogP contribution in [-0.2, 0) is 4.79 Å². The van der Waals surface area contributed by atoms with Crippen LogP contribution >= 0.6 is 0 Å². The summed E-state index contributed by atoms with van der Waals surface area (Å²) in [6.45, 7) is 3.11. The third kappa shape index (κ3) is 3.75. The Morgan fingerprint density at radius 1 is 1.30 bits per heavy atom. The summed E-state index contributed by atoms with van der Waals surface area (Å²) in [5.41, 5.74) is 1.24. The summed E-state index contributed by atoms with van der Waals surface area (Å²) in [6, 6.07) is 11.0. The lowest BCUT2D eigenvalue weighted by Gasteiger charge is -2.35. The van der Waals surface area contributed by atoms with Crippen molar-refractivity contribution in [1.29, 1.82) is 0 Å². The van der Waals surface area contributed by atoms with Crippen molar-refractivity contribution in [1.82, 2.24) is 0 Å². The molecule has 20 heavy (non-hydrogen) atoms. The van der Waals surface area contributed by atoms with Crippen LogP contribution in [0.5, 0.6) is 0 Å². The van der Waals surface area contributed by atoms with Gasteiger partial charge in [0.15, 0.2) is 0 Å². The second-order valence-corrected chi connectivity index (χ2v) is 5.69. The normalized spacial score (nSPS) is 21.9. The number of hydrogen-bond donors (Lipinski definition) is 1. The molecule has 0 saturated heterocycles. The number of benzene rings is 1. The summed E-state index contributed by atoms with van der Waals surface area (Å²) in [7, 11) is 0. The minimum Gasteiger partial charge on any atom is -0.481 e. The van der Waals surface area contributed by atoms with Crippen molar-refractivity contribution < 1.29 is 9.90 Å². The average molecular weight is 275 g/mol. The number of anilines is 1. The van der Waals surface area contributed by atoms with Gasteiger partial charge in [0.25, 0.3) is 0 Å². The van der Waals surface area contributed by atoms with Crippen molar-refractivity contribution >= 4 is 11.7 Å². The molecule has 1 aromatic carbocycles. The maximum atomic E-state index is 10.7. The van der Waals surface area contributed by atoms with Crippen LogP contribution in [0.25, 0.3) is 0 Å². The molecule has 2 atom stereocenters. The SMILES string of the molecule is CCC1CCCC1N(CCCC(=O)O)c1ccccc1. The molecule has 110 valence electrons. The average Bonchev–Trinajstić information content (AvgIpc) is 2.92. The first-order valence-electron chi connectivity index (χ1n) is 7.76. The number of carboxylic acid groups (broad SMARTS) is 1. The fourth-order valence-electron chi connectivity index (χ4n) is 3.41. The molecule has 2 rings (SSSR count). The molecule has 1 aromatic rings. The topological polar surface area (TPSA) is 40.5 Å². The number of rotatable bonds is 7. The van der Waals surface area contributed by atoms with Gasteiger partial charge in [-0.1, -0.05) is 38.0 Å². The fourth-order valence-corrected chi connectivity index (χ4v) is 3.41. The van der Waals surface area contributed by atoms with Crippen molar-refractivity contribution in [3.05, 3.63) is 30.3 Å². The van der Waals surface area contributed by atoms with E-state index in [2.05, 4.69) is 36.1 Å². The van der Waals surface area contributed by atoms with Gasteiger partial charge >= 0.3 is 5.97 Å². The molecule has 1 saturated carbocycles. The third-order valence-corrected chi connectivity index (χ3v) is 4.42. The molecule has 1 fully saturated rings. The van der Waals surface area contributed by atoms with Crippen molar-refractivity contribution in [3.8, 4) is 0 Å². The Balaban J connectivity index is 2.09. The van der Waals surface area contributed by atoms with Crippen LogP contribution in [0.15, 0.2) is 30.3 Å². The van der Waals surface area contributed by atoms with E-state index in [1.807, 2.05) is 6.07 Å². The Labute approximate surface area is 121 Å². The smallest absolute Gasteiger partial charge is 0.303 e. The van der Waals surface area contributed by atoms with Crippen LogP contribution in [-0.4, -0.2) is 23.7 Å². The third-order valence-electron chi connectivity index (χ3n) is 4.42. The summed E-state index contributed by atoms with van der Waals surface area (Å²) in [6.07, 6.45) is 6.03. The van der Waals surface area contributed by atoms with Crippen LogP contribution in [0, 0.1) is 5.92 Å². The molecule has 0 aliphatic heterocycles. The Morgan fingerprint density at radius 3 is 2.70 bits per heavy atom. The molecule has 0 aromatic heterocycles. The second kappa shape index (κ2) is 7.32. The van der Waals surface area contributed by atoms with Gasteiger partial charge in [-0.05, 0) is 37.3 Å². The summed E-state index contributed by atoms with van der Waals surface area (Å²) in [5, 5.41) is 8.84. The van der Waals surface area contributed by atoms with E-state index in [0.29, 0.717) is 6.04 Å². The van der Waals surface area contributed by atoms with Crippen molar-refractivity contribution in [2.24, 2.45) is 5.92 Å². The zero-order valence-electron chi connectivity index (χ0n) is 12.3. The standard InChI is InChI=1S/C17H25NO2/c1-2-14-8-6-11-16(14)18(13-7-12-17(19)20)15-9-4-3-5-10-15/h3-5,9-10,14,16H,2,6-8,11-13H2,1H3,(H,19,20). The fraction of sp³-hybridized carbons (Fsp3) is 0.588. The molecule has 0 amide bonds. The first-order chi connectivity index (χ1) is 9.72. The maximum absolute atomic E-state index is 10.7. The monoisotopic (exact) mass is 275 g/mol. The summed E-state index contributed by atoms with van der Waals surface area (Å²) < 4.78 is 0. The predicted octanol–water partition coefficient (Wildman–Crippen LogP) is 3.94. The lowest BCUT2D eigenvalue weighted by atomic mass is 9.98. The van der Waals surface area contributed by atoms with Gasteiger partial charge in [0.05, 0.1) is 0 Å². The number of nitrogens with zero attached hydrogens (tertiary/aromatic N) is 1. The highest BCUT2D eigenvalue weighted by Crippen LogP contribution is 2.35. The number of hydrogen-bond acceptors (Lipinski definition) is 2. The zero-order valence-corrected chi connectivity index (χ0v) is 12.3. The maximum Gasteiger partial charge on any atom is 0.303 e. The quantitative estimate of drug-likeness (QED) is 0.819. The highest BCUT2D eigenvalue weighted by Gasteiger charge is 2.30. The van der Waals surface area contributed by atoms with Crippen LogP contribution in [0.4, 0.5) is 5.69 Å². The molecular formula is C17H25NO2. The van der Waals surface area contributed by atoms with Crippen LogP contribution < -0.4 is 4.90 Å². The Bertz CT molecular complexity index is 418. The molecule has 1 aliphatic rings. The van der Waals surface area contributed by atoms with E-state index in [0.717, 1.165) is 18.9 Å². The first kappa shape index (κ1) is 14.9. The van der Waals surface area contributed by atoms with Crippen molar-refractivity contribution in [3.63, 3.8) is 0 Å². The highest BCUT2D eigenvalue weighted by molar-refractivity contribution is 5.66. The first-order valence-corrected chi connectivity index (χ1v) is 7.76. The predicted molar refractivity (Wildman–Crippen MR) is 82.1 cm³/mol. The van der Waals surface area contributed by atoms with E-state index in [1.54, 1.807) is 0 Å². The van der Waals surface area contributed by atoms with Gasteiger partial charge in [0.2, 0.25) is 0 Å². The molecule has 1 N–H and O–H groups in total. The molecule has 3 heteroatoms. The summed E-state index contributed by atoms with van der Waals surface area (Å²) in [4.78, 5) is 13.2. The minimum absolute atomic E-state index is 0.257. The molecule has 2 unspecified atom stereocenters. The Hall–Kier alpha value is -1.51. The van der Waals surface area contributed by atoms with E-state index in [-0.39, 0.29) is 6.42 Å².